The van der Waals surface area contributed by atoms with Crippen LogP contribution in [0.5, 0.6) is 5.75 Å². The number of carbonyl (C=O) groups is 1. The molecule has 1 N–H and O–H groups in total. The average Bonchev–Trinajstić information content (AvgIpc) is 3.27. The lowest BCUT2D eigenvalue weighted by molar-refractivity contribution is 0.0953. The van der Waals surface area contributed by atoms with Crippen LogP contribution in [-0.4, -0.2) is 22.0 Å². The lowest BCUT2D eigenvalue weighted by Gasteiger charge is -2.11. The van der Waals surface area contributed by atoms with Crippen LogP contribution < -0.4 is 10.1 Å². The van der Waals surface area contributed by atoms with E-state index in [1.165, 1.54) is 10.9 Å². The molecule has 182 valence electrons. The maximum absolute atomic E-state index is 12.6. The Morgan fingerprint density at radius 2 is 1.72 bits per heavy atom. The third-order valence-electron chi connectivity index (χ3n) is 6.46. The Labute approximate surface area is 211 Å². The number of fused-ring (bicyclic) bond motifs is 2. The first-order chi connectivity index (χ1) is 17.7. The van der Waals surface area contributed by atoms with Gasteiger partial charge in [-0.1, -0.05) is 74.0 Å². The van der Waals surface area contributed by atoms with Crippen LogP contribution in [0.3, 0.4) is 0 Å². The van der Waals surface area contributed by atoms with Gasteiger partial charge in [-0.3, -0.25) is 4.79 Å². The number of unbranched alkanes of at least 4 members (excludes halogenated alkanes) is 1. The molecule has 0 spiro atoms. The molecule has 1 heterocycles. The highest BCUT2D eigenvalue weighted by Crippen LogP contribution is 2.24. The van der Waals surface area contributed by atoms with Crippen molar-refractivity contribution in [1.82, 2.24) is 14.9 Å². The number of rotatable bonds is 10. The fourth-order valence-corrected chi connectivity index (χ4v) is 4.45. The molecule has 5 heteroatoms. The lowest BCUT2D eigenvalue weighted by Crippen LogP contribution is -2.24. The Hall–Kier alpha value is -4.12. The number of imidazole rings is 1. The molecular formula is C31H31N3O2. The second-order valence-electron chi connectivity index (χ2n) is 9.03. The maximum atomic E-state index is 12.6. The van der Waals surface area contributed by atoms with E-state index in [1.807, 2.05) is 42.5 Å². The van der Waals surface area contributed by atoms with E-state index >= 15 is 0 Å². The highest BCUT2D eigenvalue weighted by atomic mass is 16.5. The summed E-state index contributed by atoms with van der Waals surface area (Å²) in [5.41, 5.74) is 3.72. The monoisotopic (exact) mass is 477 g/mol. The zero-order valence-electron chi connectivity index (χ0n) is 20.6. The molecule has 0 aliphatic rings. The summed E-state index contributed by atoms with van der Waals surface area (Å²) in [6.45, 7) is 3.92. The Morgan fingerprint density at radius 3 is 2.56 bits per heavy atom. The molecule has 5 nitrogen and oxygen atoms in total. The first-order valence-corrected chi connectivity index (χ1v) is 12.6. The van der Waals surface area contributed by atoms with Crippen LogP contribution in [-0.2, 0) is 19.6 Å². The van der Waals surface area contributed by atoms with Gasteiger partial charge >= 0.3 is 0 Å². The van der Waals surface area contributed by atoms with Gasteiger partial charge < -0.3 is 14.6 Å². The highest BCUT2D eigenvalue weighted by Gasteiger charge is 2.15. The number of hydrogen-bond donors (Lipinski definition) is 1. The van der Waals surface area contributed by atoms with E-state index in [9.17, 15) is 4.79 Å². The molecule has 0 saturated carbocycles. The summed E-state index contributed by atoms with van der Waals surface area (Å²) in [5, 5.41) is 5.33. The van der Waals surface area contributed by atoms with E-state index in [2.05, 4.69) is 65.3 Å². The summed E-state index contributed by atoms with van der Waals surface area (Å²) in [7, 11) is 0. The molecule has 36 heavy (non-hydrogen) atoms. The van der Waals surface area contributed by atoms with E-state index < -0.39 is 0 Å². The van der Waals surface area contributed by atoms with Crippen LogP contribution in [0.1, 0.15) is 41.5 Å². The third kappa shape index (κ3) is 5.41. The fraction of sp³-hybridized carbons (Fsp3) is 0.226. The van der Waals surface area contributed by atoms with Gasteiger partial charge in [0.1, 0.15) is 18.2 Å². The van der Waals surface area contributed by atoms with Crippen LogP contribution in [0.4, 0.5) is 0 Å². The summed E-state index contributed by atoms with van der Waals surface area (Å²) in [6.07, 6.45) is 2.90. The molecule has 0 fully saturated rings. The molecule has 0 unspecified atom stereocenters. The minimum Gasteiger partial charge on any atom is -0.486 e. The number of nitrogens with zero attached hydrogens (tertiary/aromatic N) is 2. The number of amides is 1. The van der Waals surface area contributed by atoms with E-state index in [0.29, 0.717) is 18.7 Å². The molecule has 0 aliphatic carbocycles. The molecule has 5 aromatic rings. The first-order valence-electron chi connectivity index (χ1n) is 12.6. The molecule has 0 saturated heterocycles. The van der Waals surface area contributed by atoms with E-state index in [4.69, 9.17) is 9.72 Å². The quantitative estimate of drug-likeness (QED) is 0.232. The van der Waals surface area contributed by atoms with Crippen molar-refractivity contribution in [2.24, 2.45) is 0 Å². The minimum atomic E-state index is -0.0573. The van der Waals surface area contributed by atoms with Crippen molar-refractivity contribution in [2.75, 3.05) is 6.54 Å². The Morgan fingerprint density at radius 1 is 0.917 bits per heavy atom. The summed E-state index contributed by atoms with van der Waals surface area (Å²) in [4.78, 5) is 17.5. The summed E-state index contributed by atoms with van der Waals surface area (Å²) in [6, 6.07) is 30.6. The van der Waals surface area contributed by atoms with Gasteiger partial charge in [0, 0.05) is 18.7 Å². The molecular weight excluding hydrogens is 446 g/mol. The van der Waals surface area contributed by atoms with E-state index in [1.54, 1.807) is 0 Å². The maximum Gasteiger partial charge on any atom is 0.251 e. The molecule has 1 aromatic heterocycles. The minimum absolute atomic E-state index is 0.0573. The van der Waals surface area contributed by atoms with Gasteiger partial charge in [0.25, 0.3) is 5.91 Å². The van der Waals surface area contributed by atoms with Crippen LogP contribution in [0, 0.1) is 0 Å². The molecule has 1 amide bonds. The van der Waals surface area contributed by atoms with Gasteiger partial charge in [0.05, 0.1) is 11.0 Å². The van der Waals surface area contributed by atoms with Crippen molar-refractivity contribution >= 4 is 27.7 Å². The van der Waals surface area contributed by atoms with Crippen molar-refractivity contribution in [3.63, 3.8) is 0 Å². The molecule has 0 atom stereocenters. The zero-order chi connectivity index (χ0) is 24.7. The first kappa shape index (κ1) is 23.6. The van der Waals surface area contributed by atoms with Crippen molar-refractivity contribution < 1.29 is 9.53 Å². The highest BCUT2D eigenvalue weighted by molar-refractivity contribution is 5.97. The smallest absolute Gasteiger partial charge is 0.251 e. The van der Waals surface area contributed by atoms with Crippen molar-refractivity contribution in [1.29, 1.82) is 0 Å². The predicted octanol–water partition coefficient (Wildman–Crippen LogP) is 6.54. The van der Waals surface area contributed by atoms with Crippen molar-refractivity contribution in [3.05, 3.63) is 108 Å². The van der Waals surface area contributed by atoms with Crippen LogP contribution in [0.25, 0.3) is 21.8 Å². The number of nitrogens with one attached hydrogen (secondary N) is 1. The molecule has 0 bridgehead atoms. The van der Waals surface area contributed by atoms with Crippen LogP contribution in [0.2, 0.25) is 0 Å². The van der Waals surface area contributed by atoms with Crippen molar-refractivity contribution in [3.8, 4) is 5.75 Å². The molecule has 5 rings (SSSR count). The predicted molar refractivity (Wildman–Crippen MR) is 145 cm³/mol. The molecule has 0 radical (unpaired) electrons. The standard InChI is InChI=1S/C31H31N3O2/c1-2-3-18-32-31(35)26-14-16-29-28(21-26)33-30(34(29)19-17-23-9-5-4-6-10-23)22-36-27-15-13-24-11-7-8-12-25(24)20-27/h4-16,20-21H,2-3,17-19,22H2,1H3,(H,32,35). The molecule has 4 aromatic carbocycles. The average molecular weight is 478 g/mol. The Kier molecular flexibility index (Phi) is 7.27. The van der Waals surface area contributed by atoms with Gasteiger partial charge in [0.2, 0.25) is 0 Å². The number of aromatic nitrogens is 2. The second kappa shape index (κ2) is 11.1. The summed E-state index contributed by atoms with van der Waals surface area (Å²) < 4.78 is 8.41. The Balaban J connectivity index is 1.41. The number of aryl methyl sites for hydroxylation is 2. The summed E-state index contributed by atoms with van der Waals surface area (Å²) >= 11 is 0. The number of carbonyl (C=O) groups excluding carboxylic acids is 1. The van der Waals surface area contributed by atoms with Crippen molar-refractivity contribution in [2.45, 2.75) is 39.3 Å². The molecule has 0 aliphatic heterocycles. The van der Waals surface area contributed by atoms with Crippen LogP contribution >= 0.6 is 0 Å². The summed E-state index contributed by atoms with van der Waals surface area (Å²) in [5.74, 6) is 1.60. The topological polar surface area (TPSA) is 56.1 Å². The van der Waals surface area contributed by atoms with E-state index in [-0.39, 0.29) is 5.91 Å². The third-order valence-corrected chi connectivity index (χ3v) is 6.46. The van der Waals surface area contributed by atoms with Gasteiger partial charge in [-0.2, -0.15) is 0 Å². The normalized spacial score (nSPS) is 11.1. The van der Waals surface area contributed by atoms with E-state index in [0.717, 1.165) is 53.8 Å². The van der Waals surface area contributed by atoms with Gasteiger partial charge in [-0.25, -0.2) is 4.98 Å². The SMILES string of the molecule is CCCCNC(=O)c1ccc2c(c1)nc(COc1ccc3ccccc3c1)n2CCc1ccccc1. The number of benzene rings is 4. The number of hydrogen-bond acceptors (Lipinski definition) is 3. The Bertz CT molecular complexity index is 1470. The van der Waals surface area contributed by atoms with Gasteiger partial charge in [-0.15, -0.1) is 0 Å². The van der Waals surface area contributed by atoms with Gasteiger partial charge in [-0.05, 0) is 59.5 Å². The largest absolute Gasteiger partial charge is 0.486 e. The van der Waals surface area contributed by atoms with Crippen LogP contribution in [0.15, 0.2) is 91.0 Å². The second-order valence-corrected chi connectivity index (χ2v) is 9.03. The zero-order valence-corrected chi connectivity index (χ0v) is 20.6. The van der Waals surface area contributed by atoms with Gasteiger partial charge in [0.15, 0.2) is 0 Å². The lowest BCUT2D eigenvalue weighted by atomic mass is 10.1. The number of ether oxygens (including phenoxy) is 1. The fourth-order valence-electron chi connectivity index (χ4n) is 4.45.